The molecule has 0 bridgehead atoms. The fraction of sp³-hybridized carbons (Fsp3) is 0.483. The number of alkyl halides is 1. The first kappa shape index (κ1) is 25.5. The van der Waals surface area contributed by atoms with Gasteiger partial charge in [0.1, 0.15) is 11.5 Å². The van der Waals surface area contributed by atoms with Gasteiger partial charge in [0.15, 0.2) is 0 Å². The second kappa shape index (κ2) is 11.9. The largest absolute Gasteiger partial charge is 0.493 e. The first-order valence-corrected chi connectivity index (χ1v) is 12.5. The summed E-state index contributed by atoms with van der Waals surface area (Å²) < 4.78 is 6.10. The van der Waals surface area contributed by atoms with Crippen LogP contribution in [0.15, 0.2) is 66.7 Å². The minimum atomic E-state index is -0.445. The Labute approximate surface area is 203 Å². The van der Waals surface area contributed by atoms with Crippen molar-refractivity contribution in [3.05, 3.63) is 77.9 Å². The number of aliphatic hydroxyl groups excluding tert-OH is 1. The molecule has 0 spiro atoms. The number of aliphatic hydroxyl groups is 1. The zero-order chi connectivity index (χ0) is 23.8. The smallest absolute Gasteiger partial charge is 0.129 e. The lowest BCUT2D eigenvalue weighted by Crippen LogP contribution is -2.27. The second-order valence-corrected chi connectivity index (χ2v) is 10.3. The van der Waals surface area contributed by atoms with E-state index in [0.717, 1.165) is 25.0 Å². The zero-order valence-corrected chi connectivity index (χ0v) is 20.8. The number of benzene rings is 2. The number of ether oxygens (including phenoxy) is 1. The van der Waals surface area contributed by atoms with Crippen molar-refractivity contribution in [1.82, 2.24) is 0 Å². The molecular weight excluding hydrogens is 432 g/mol. The number of carbonyl (C=O) groups is 1. The van der Waals surface area contributed by atoms with E-state index in [1.165, 1.54) is 11.1 Å². The molecule has 2 aromatic rings. The topological polar surface area (TPSA) is 46.5 Å². The van der Waals surface area contributed by atoms with Crippen LogP contribution in [0, 0.1) is 11.8 Å². The number of allylic oxidation sites excluding steroid dienone is 2. The molecule has 0 amide bonds. The quantitative estimate of drug-likeness (QED) is 0.226. The number of hydrogen-bond donors (Lipinski definition) is 1. The molecule has 4 atom stereocenters. The van der Waals surface area contributed by atoms with Crippen LogP contribution in [-0.2, 0) is 10.2 Å². The van der Waals surface area contributed by atoms with Crippen molar-refractivity contribution in [2.75, 3.05) is 6.61 Å². The van der Waals surface area contributed by atoms with Crippen LogP contribution in [0.1, 0.15) is 64.0 Å². The van der Waals surface area contributed by atoms with E-state index in [0.29, 0.717) is 19.4 Å². The van der Waals surface area contributed by atoms with Gasteiger partial charge in [-0.25, -0.2) is 0 Å². The maximum absolute atomic E-state index is 11.0. The van der Waals surface area contributed by atoms with E-state index in [-0.39, 0.29) is 28.4 Å². The predicted octanol–water partition coefficient (Wildman–Crippen LogP) is 6.70. The molecule has 3 nitrogen and oxygen atoms in total. The fourth-order valence-corrected chi connectivity index (χ4v) is 5.19. The lowest BCUT2D eigenvalue weighted by molar-refractivity contribution is -0.117. The van der Waals surface area contributed by atoms with Gasteiger partial charge in [0.25, 0.3) is 0 Å². The van der Waals surface area contributed by atoms with E-state index in [2.05, 4.69) is 62.4 Å². The predicted molar refractivity (Wildman–Crippen MR) is 136 cm³/mol. The molecule has 3 rings (SSSR count). The molecule has 0 radical (unpaired) electrons. The molecule has 0 aromatic heterocycles. The van der Waals surface area contributed by atoms with E-state index in [9.17, 15) is 9.90 Å². The van der Waals surface area contributed by atoms with Gasteiger partial charge in [-0.15, -0.1) is 11.6 Å². The zero-order valence-electron chi connectivity index (χ0n) is 20.0. The average molecular weight is 469 g/mol. The van der Waals surface area contributed by atoms with Crippen LogP contribution in [-0.4, -0.2) is 29.0 Å². The minimum absolute atomic E-state index is 0.00908. The van der Waals surface area contributed by atoms with Crippen molar-refractivity contribution in [2.24, 2.45) is 11.8 Å². The molecular formula is C29H37ClO3. The molecule has 1 fully saturated rings. The third-order valence-corrected chi connectivity index (χ3v) is 7.47. The number of halogens is 1. The van der Waals surface area contributed by atoms with Gasteiger partial charge in [0, 0.05) is 23.1 Å². The van der Waals surface area contributed by atoms with Crippen molar-refractivity contribution in [1.29, 1.82) is 0 Å². The molecule has 1 aliphatic carbocycles. The van der Waals surface area contributed by atoms with Crippen LogP contribution < -0.4 is 4.74 Å². The highest BCUT2D eigenvalue weighted by molar-refractivity contribution is 6.21. The van der Waals surface area contributed by atoms with E-state index >= 15 is 0 Å². The summed E-state index contributed by atoms with van der Waals surface area (Å²) in [5.41, 5.74) is 2.42. The Morgan fingerprint density at radius 1 is 1.06 bits per heavy atom. The average Bonchev–Trinajstić information content (AvgIpc) is 3.07. The summed E-state index contributed by atoms with van der Waals surface area (Å²) in [4.78, 5) is 11.0. The first-order valence-electron chi connectivity index (χ1n) is 12.0. The number of unbranched alkanes of at least 4 members (excludes halogenated alkanes) is 1. The van der Waals surface area contributed by atoms with Gasteiger partial charge in [0.2, 0.25) is 0 Å². The summed E-state index contributed by atoms with van der Waals surface area (Å²) in [6.45, 7) is 6.54. The van der Waals surface area contributed by atoms with Gasteiger partial charge in [-0.05, 0) is 61.8 Å². The molecule has 1 saturated carbocycles. The molecule has 2 aromatic carbocycles. The van der Waals surface area contributed by atoms with Gasteiger partial charge in [0.05, 0.1) is 12.7 Å². The Morgan fingerprint density at radius 2 is 1.73 bits per heavy atom. The van der Waals surface area contributed by atoms with Gasteiger partial charge >= 0.3 is 0 Å². The molecule has 1 N–H and O–H groups in total. The fourth-order valence-electron chi connectivity index (χ4n) is 4.71. The van der Waals surface area contributed by atoms with Crippen LogP contribution in [0.2, 0.25) is 0 Å². The van der Waals surface area contributed by atoms with Crippen LogP contribution in [0.5, 0.6) is 5.75 Å². The third kappa shape index (κ3) is 6.94. The number of hydrogen-bond acceptors (Lipinski definition) is 3. The number of rotatable bonds is 11. The lowest BCUT2D eigenvalue weighted by atomic mass is 9.78. The minimum Gasteiger partial charge on any atom is -0.493 e. The van der Waals surface area contributed by atoms with Crippen LogP contribution >= 0.6 is 11.6 Å². The molecule has 0 aliphatic heterocycles. The Kier molecular flexibility index (Phi) is 9.17. The SMILES string of the molecule is CC(=O)CCC/C=C\C[C@@H]1[C@@H](COc2ccc(C(C)(C)c3ccccc3)cc2)[C@H](O)C[C@H]1Cl. The van der Waals surface area contributed by atoms with Crippen molar-refractivity contribution in [3.63, 3.8) is 0 Å². The Hall–Kier alpha value is -2.10. The highest BCUT2D eigenvalue weighted by atomic mass is 35.5. The van der Waals surface area contributed by atoms with Gasteiger partial charge in [-0.1, -0.05) is 68.5 Å². The maximum Gasteiger partial charge on any atom is 0.129 e. The summed E-state index contributed by atoms with van der Waals surface area (Å²) in [5.74, 6) is 1.24. The molecule has 1 aliphatic rings. The Balaban J connectivity index is 1.56. The second-order valence-electron chi connectivity index (χ2n) is 9.77. The molecule has 33 heavy (non-hydrogen) atoms. The Bertz CT molecular complexity index is 904. The summed E-state index contributed by atoms with van der Waals surface area (Å²) in [5, 5.41) is 10.5. The number of ketones is 1. The van der Waals surface area contributed by atoms with E-state index in [1.807, 2.05) is 18.2 Å². The number of Topliss-reactive ketones (excluding diaryl/α,β-unsaturated/α-hetero) is 1. The molecule has 0 saturated heterocycles. The van der Waals surface area contributed by atoms with Gasteiger partial charge in [-0.2, -0.15) is 0 Å². The van der Waals surface area contributed by atoms with Crippen LogP contribution in [0.3, 0.4) is 0 Å². The summed E-state index contributed by atoms with van der Waals surface area (Å²) in [6, 6.07) is 18.8. The summed E-state index contributed by atoms with van der Waals surface area (Å²) in [7, 11) is 0. The standard InChI is InChI=1S/C29H37ClO3/c1-21(31)11-7-4-5-10-14-25-26(28(32)19-27(25)30)20-33-24-17-15-23(16-18-24)29(2,3)22-12-8-6-9-13-22/h5-6,8-10,12-13,15-18,25-28,32H,4,7,11,14,19-20H2,1-3H3/b10-5-/t25-,26-,27-,28-/m1/s1. The van der Waals surface area contributed by atoms with Gasteiger partial charge in [-0.3, -0.25) is 0 Å². The summed E-state index contributed by atoms with van der Waals surface area (Å²) in [6.07, 6.45) is 7.66. The van der Waals surface area contributed by atoms with Crippen molar-refractivity contribution in [2.45, 2.75) is 69.8 Å². The lowest BCUT2D eigenvalue weighted by Gasteiger charge is -2.26. The van der Waals surface area contributed by atoms with E-state index in [4.69, 9.17) is 16.3 Å². The maximum atomic E-state index is 11.0. The van der Waals surface area contributed by atoms with Crippen molar-refractivity contribution in [3.8, 4) is 5.75 Å². The molecule has 178 valence electrons. The third-order valence-electron chi connectivity index (χ3n) is 6.96. The highest BCUT2D eigenvalue weighted by Gasteiger charge is 2.41. The number of carbonyl (C=O) groups excluding carboxylic acids is 1. The molecule has 0 heterocycles. The Morgan fingerprint density at radius 3 is 2.39 bits per heavy atom. The molecule has 0 unspecified atom stereocenters. The summed E-state index contributed by atoms with van der Waals surface area (Å²) >= 11 is 6.57. The van der Waals surface area contributed by atoms with Crippen molar-refractivity contribution < 1.29 is 14.6 Å². The van der Waals surface area contributed by atoms with E-state index in [1.54, 1.807) is 6.92 Å². The first-order chi connectivity index (χ1) is 15.8. The van der Waals surface area contributed by atoms with Crippen molar-refractivity contribution >= 4 is 17.4 Å². The normalized spacial score (nSPS) is 23.2. The van der Waals surface area contributed by atoms with Crippen LogP contribution in [0.25, 0.3) is 0 Å². The van der Waals surface area contributed by atoms with Crippen LogP contribution in [0.4, 0.5) is 0 Å². The van der Waals surface area contributed by atoms with E-state index < -0.39 is 6.10 Å². The van der Waals surface area contributed by atoms with Gasteiger partial charge < -0.3 is 14.6 Å². The molecule has 4 heteroatoms. The highest BCUT2D eigenvalue weighted by Crippen LogP contribution is 2.39. The monoisotopic (exact) mass is 468 g/mol.